The van der Waals surface area contributed by atoms with Crippen molar-refractivity contribution in [1.82, 2.24) is 0 Å². The molecule has 2 fully saturated rings. The van der Waals surface area contributed by atoms with Crippen molar-refractivity contribution in [2.24, 2.45) is 64.1 Å². The molecule has 0 amide bonds. The third kappa shape index (κ3) is 41.2. The number of rotatable bonds is 9. The SMILES string of the molecule is CC(C)C(C)C.CC(C)C1CCC(C)(C)CC1.CC(C)C1CCCCC1.CC(C)c1c(C(C)(C)C)cccc1C(C)(C)C.[2H]C(C)(C)c1cc(C([2H])(C)C)c(C(C)C)c(C(C)(C)C)c1.[2H]C([2H])(C(C)C)C(C)(C)C.[2H]C([2H])(C)C(C)C.[2H]C([2H])([2H])C(C)C. The summed E-state index contributed by atoms with van der Waals surface area (Å²) in [6, 6.07) is 11.1. The van der Waals surface area contributed by atoms with Crippen molar-refractivity contribution in [2.75, 3.05) is 0 Å². The molecule has 2 aromatic carbocycles. The smallest absolute Gasteiger partial charge is 0.0347 e. The largest absolute Gasteiger partial charge is 0.0651 e. The Bertz CT molecular complexity index is 2040. The summed E-state index contributed by atoms with van der Waals surface area (Å²) < 4.78 is 66.6. The van der Waals surface area contributed by atoms with Crippen LogP contribution in [0.25, 0.3) is 0 Å². The highest BCUT2D eigenvalue weighted by molar-refractivity contribution is 5.47. The Morgan fingerprint density at radius 1 is 0.506 bits per heavy atom. The summed E-state index contributed by atoms with van der Waals surface area (Å²) in [4.78, 5) is 0. The van der Waals surface area contributed by atoms with Gasteiger partial charge >= 0.3 is 0 Å². The van der Waals surface area contributed by atoms with Crippen LogP contribution in [0.1, 0.15) is 408 Å². The maximum atomic E-state index is 8.55. The molecule has 0 spiro atoms. The van der Waals surface area contributed by atoms with Gasteiger partial charge in [-0.25, -0.2) is 0 Å². The van der Waals surface area contributed by atoms with Crippen LogP contribution in [0.4, 0.5) is 0 Å². The summed E-state index contributed by atoms with van der Waals surface area (Å²) in [6.07, 6.45) is 11.2. The van der Waals surface area contributed by atoms with Gasteiger partial charge in [0.1, 0.15) is 0 Å². The predicted molar refractivity (Wildman–Crippen MR) is 372 cm³/mol. The second kappa shape index (κ2) is 39.9. The van der Waals surface area contributed by atoms with Gasteiger partial charge < -0.3 is 0 Å². The molecule has 0 bridgehead atoms. The van der Waals surface area contributed by atoms with Gasteiger partial charge in [0.05, 0.1) is 0 Å². The Balaban J connectivity index is -0.000000476. The van der Waals surface area contributed by atoms with E-state index in [0.717, 1.165) is 46.6 Å². The van der Waals surface area contributed by atoms with Crippen LogP contribution in [0.15, 0.2) is 30.3 Å². The maximum absolute atomic E-state index is 8.55. The van der Waals surface area contributed by atoms with E-state index in [1.807, 2.05) is 76.2 Å². The monoisotopic (exact) mass is 1110 g/mol. The van der Waals surface area contributed by atoms with Crippen LogP contribution in [-0.2, 0) is 16.2 Å². The normalized spacial score (nSPS) is 17.8. The minimum atomic E-state index is -1.75. The number of hydrogen-bond donors (Lipinski definition) is 0. The van der Waals surface area contributed by atoms with E-state index >= 15 is 0 Å². The van der Waals surface area contributed by atoms with Crippen LogP contribution >= 0.6 is 0 Å². The van der Waals surface area contributed by atoms with Gasteiger partial charge in [-0.2, -0.15) is 0 Å². The maximum Gasteiger partial charge on any atom is 0.0347 e. The van der Waals surface area contributed by atoms with Gasteiger partial charge in [-0.3, -0.25) is 0 Å². The molecule has 0 aliphatic heterocycles. The molecular weight excluding hydrogens is 949 g/mol. The molecule has 0 nitrogen and oxygen atoms in total. The molecule has 2 saturated carbocycles. The van der Waals surface area contributed by atoms with Crippen LogP contribution in [0.3, 0.4) is 0 Å². The molecule has 0 N–H and O–H groups in total. The average Bonchev–Trinajstić information content (AvgIpc) is 1.44. The Morgan fingerprint density at radius 2 is 0.861 bits per heavy atom. The van der Waals surface area contributed by atoms with Gasteiger partial charge in [0.2, 0.25) is 0 Å². The molecule has 2 aliphatic carbocycles. The molecule has 2 aromatic rings. The fraction of sp³-hybridized carbons (Fsp3) is 0.848. The highest BCUT2D eigenvalue weighted by Crippen LogP contribution is 2.42. The van der Waals surface area contributed by atoms with Crippen molar-refractivity contribution in [3.63, 3.8) is 0 Å². The van der Waals surface area contributed by atoms with Crippen LogP contribution in [0, 0.1) is 64.1 Å². The molecule has 2 aliphatic rings. The van der Waals surface area contributed by atoms with Crippen molar-refractivity contribution in [3.05, 3.63) is 69.3 Å². The van der Waals surface area contributed by atoms with Crippen molar-refractivity contribution < 1.29 is 12.3 Å². The van der Waals surface area contributed by atoms with E-state index in [-0.39, 0.29) is 39.4 Å². The Kier molecular flexibility index (Phi) is 33.6. The molecule has 4 rings (SSSR count). The van der Waals surface area contributed by atoms with Crippen LogP contribution < -0.4 is 0 Å². The second-order valence-electron chi connectivity index (χ2n) is 32.3. The first-order valence-electron chi connectivity index (χ1n) is 37.1. The van der Waals surface area contributed by atoms with E-state index in [1.165, 1.54) is 80.0 Å². The van der Waals surface area contributed by atoms with E-state index in [1.54, 1.807) is 26.3 Å². The predicted octanol–water partition coefficient (Wildman–Crippen LogP) is 27.9. The zero-order chi connectivity index (χ0) is 71.3. The zero-order valence-electron chi connectivity index (χ0n) is 70.1. The van der Waals surface area contributed by atoms with E-state index in [2.05, 4.69) is 190 Å². The molecule has 0 unspecified atom stereocenters. The van der Waals surface area contributed by atoms with Gasteiger partial charge in [-0.1, -0.05) is 332 Å². The molecule has 0 heterocycles. The van der Waals surface area contributed by atoms with Crippen molar-refractivity contribution >= 4 is 0 Å². The lowest BCUT2D eigenvalue weighted by Crippen LogP contribution is -2.23. The van der Waals surface area contributed by atoms with Gasteiger partial charge in [0, 0.05) is 12.3 Å². The summed E-state index contributed by atoms with van der Waals surface area (Å²) in [6.45, 7) is 77.1. The lowest BCUT2D eigenvalue weighted by molar-refractivity contribution is 0.161. The highest BCUT2D eigenvalue weighted by Gasteiger charge is 2.29. The number of hydrogen-bond acceptors (Lipinski definition) is 0. The molecular formula is C79H154. The molecule has 470 valence electrons. The Morgan fingerprint density at radius 3 is 1.08 bits per heavy atom. The van der Waals surface area contributed by atoms with Crippen molar-refractivity contribution in [3.8, 4) is 0 Å². The van der Waals surface area contributed by atoms with Gasteiger partial charge in [-0.05, 0) is 175 Å². The minimum absolute atomic E-state index is 0.0147. The molecule has 0 heteroatoms. The van der Waals surface area contributed by atoms with Gasteiger partial charge in [0.25, 0.3) is 0 Å². The van der Waals surface area contributed by atoms with Crippen LogP contribution in [0.2, 0.25) is 0 Å². The molecule has 0 atom stereocenters. The summed E-state index contributed by atoms with van der Waals surface area (Å²) >= 11 is 0. The van der Waals surface area contributed by atoms with Crippen molar-refractivity contribution in [1.29, 1.82) is 0 Å². The second-order valence-corrected chi connectivity index (χ2v) is 32.3. The zero-order valence-corrected chi connectivity index (χ0v) is 61.1. The fourth-order valence-corrected chi connectivity index (χ4v) is 9.85. The lowest BCUT2D eigenvalue weighted by Gasteiger charge is -2.36. The fourth-order valence-electron chi connectivity index (χ4n) is 9.85. The molecule has 0 aromatic heterocycles. The minimum Gasteiger partial charge on any atom is -0.0651 e. The van der Waals surface area contributed by atoms with Gasteiger partial charge in [0.15, 0.2) is 0 Å². The highest BCUT2D eigenvalue weighted by atomic mass is 14.3. The van der Waals surface area contributed by atoms with E-state index < -0.39 is 31.4 Å². The first-order chi connectivity index (χ1) is 38.7. The topological polar surface area (TPSA) is 0 Å². The lowest BCUT2D eigenvalue weighted by atomic mass is 9.70. The van der Waals surface area contributed by atoms with Crippen LogP contribution in [0.5, 0.6) is 0 Å². The first kappa shape index (κ1) is 66.6. The number of benzene rings is 2. The van der Waals surface area contributed by atoms with E-state index in [9.17, 15) is 0 Å². The summed E-state index contributed by atoms with van der Waals surface area (Å²) in [5.41, 5.74) is 10.1. The third-order valence-corrected chi connectivity index (χ3v) is 15.5. The first-order valence-corrected chi connectivity index (χ1v) is 32.6. The van der Waals surface area contributed by atoms with E-state index in [0.29, 0.717) is 17.3 Å². The summed E-state index contributed by atoms with van der Waals surface area (Å²) in [7, 11) is 0. The quantitative estimate of drug-likeness (QED) is 0.235. The molecule has 79 heavy (non-hydrogen) atoms. The summed E-state index contributed by atoms with van der Waals surface area (Å²) in [5.74, 6) is 5.30. The Hall–Kier alpha value is -1.56. The molecule has 0 saturated heterocycles. The van der Waals surface area contributed by atoms with Crippen LogP contribution in [-0.4, -0.2) is 0 Å². The van der Waals surface area contributed by atoms with E-state index in [4.69, 9.17) is 12.3 Å². The van der Waals surface area contributed by atoms with Crippen molar-refractivity contribution in [2.45, 2.75) is 373 Å². The third-order valence-electron chi connectivity index (χ3n) is 15.5. The van der Waals surface area contributed by atoms with Gasteiger partial charge in [-0.15, -0.1) is 0 Å². The average molecular weight is 1110 g/mol. The standard InChI is InChI=1S/C19H32.C17H28.C11H22.C9H18.C8H18.C6H14.C5H12.C4H10/c1-12(2)15-10-16(13(3)4)18(14(5)6)17(11-15)19(7,8)9;1-12(2)15-13(16(3,4)5)10-9-11-14(15)17(6,7)8;1-9(2)10-5-7-11(3,4)8-6-10;1-8(2)9-6-4-3-5-7-9;1-7(2)6-8(3,4)5;1-5(2)6(3)4;1-4-5(2)3;1-4(2)3/h10-14H,1-9H3;9-12H,1-8H3;9-10H,5-8H2,1-4H3;8-9H,3-7H2,1-2H3;7H,6H2,1-5H3;5-6H,1-4H3;5H,4H2,1-3H3;4H,1-3H3/i12D,13D;;;;6D2;;4D2;1D3. The summed E-state index contributed by atoms with van der Waals surface area (Å²) in [5, 5.41) is 0. The molecule has 0 radical (unpaired) electrons. The Labute approximate surface area is 517 Å².